The number of benzene rings is 1. The molecule has 2 unspecified atom stereocenters. The Bertz CT molecular complexity index is 404. The average Bonchev–Trinajstić information content (AvgIpc) is 2.89. The van der Waals surface area contributed by atoms with Crippen LogP contribution in [0.15, 0.2) is 30.3 Å². The third-order valence-corrected chi connectivity index (χ3v) is 3.79. The molecular weight excluding hydrogens is 256 g/mol. The van der Waals surface area contributed by atoms with Crippen molar-refractivity contribution in [1.82, 2.24) is 4.90 Å². The van der Waals surface area contributed by atoms with E-state index in [1.807, 2.05) is 6.07 Å². The molecule has 0 bridgehead atoms. The normalized spacial score (nSPS) is 20.6. The summed E-state index contributed by atoms with van der Waals surface area (Å²) in [5.41, 5.74) is 7.01. The SMILES string of the molecule is CN(CC1CCCO1)C(CC(N)=S)c1ccccc1. The van der Waals surface area contributed by atoms with Crippen LogP contribution in [0.1, 0.15) is 30.9 Å². The van der Waals surface area contributed by atoms with Crippen molar-refractivity contribution in [2.24, 2.45) is 5.73 Å². The molecule has 4 heteroatoms. The highest BCUT2D eigenvalue weighted by atomic mass is 32.1. The summed E-state index contributed by atoms with van der Waals surface area (Å²) < 4.78 is 5.71. The van der Waals surface area contributed by atoms with E-state index in [1.54, 1.807) is 0 Å². The van der Waals surface area contributed by atoms with Gasteiger partial charge in [-0.2, -0.15) is 0 Å². The Hall–Kier alpha value is -0.970. The fourth-order valence-electron chi connectivity index (χ4n) is 2.63. The van der Waals surface area contributed by atoms with Gasteiger partial charge >= 0.3 is 0 Å². The Morgan fingerprint density at radius 3 is 2.79 bits per heavy atom. The number of hydrogen-bond acceptors (Lipinski definition) is 3. The smallest absolute Gasteiger partial charge is 0.0746 e. The van der Waals surface area contributed by atoms with Crippen molar-refractivity contribution >= 4 is 17.2 Å². The van der Waals surface area contributed by atoms with Gasteiger partial charge in [0.2, 0.25) is 0 Å². The molecule has 0 radical (unpaired) electrons. The standard InChI is InChI=1S/C15H22N2OS/c1-17(11-13-8-5-9-18-13)14(10-15(16)19)12-6-3-2-4-7-12/h2-4,6-7,13-14H,5,8-11H2,1H3,(H2,16,19). The maximum absolute atomic E-state index is 5.75. The fraction of sp³-hybridized carbons (Fsp3) is 0.533. The molecule has 2 atom stereocenters. The van der Waals surface area contributed by atoms with Crippen LogP contribution < -0.4 is 5.73 Å². The van der Waals surface area contributed by atoms with E-state index in [0.717, 1.165) is 19.6 Å². The number of nitrogens with zero attached hydrogens (tertiary/aromatic N) is 1. The van der Waals surface area contributed by atoms with Crippen LogP contribution in [-0.4, -0.2) is 36.2 Å². The Morgan fingerprint density at radius 2 is 2.21 bits per heavy atom. The summed E-state index contributed by atoms with van der Waals surface area (Å²) in [7, 11) is 2.12. The van der Waals surface area contributed by atoms with Crippen LogP contribution in [0.25, 0.3) is 0 Å². The number of hydrogen-bond donors (Lipinski definition) is 1. The summed E-state index contributed by atoms with van der Waals surface area (Å²) in [5, 5.41) is 0. The number of likely N-dealkylation sites (N-methyl/N-ethyl adjacent to an activating group) is 1. The maximum atomic E-state index is 5.75. The lowest BCUT2D eigenvalue weighted by Gasteiger charge is -2.30. The van der Waals surface area contributed by atoms with Crippen molar-refractivity contribution in [3.05, 3.63) is 35.9 Å². The van der Waals surface area contributed by atoms with E-state index in [9.17, 15) is 0 Å². The number of rotatable bonds is 6. The molecule has 1 heterocycles. The fourth-order valence-corrected chi connectivity index (χ4v) is 2.79. The first-order chi connectivity index (χ1) is 9.16. The first kappa shape index (κ1) is 14.4. The third-order valence-electron chi connectivity index (χ3n) is 3.63. The van der Waals surface area contributed by atoms with Crippen LogP contribution in [0.5, 0.6) is 0 Å². The van der Waals surface area contributed by atoms with E-state index in [-0.39, 0.29) is 6.04 Å². The summed E-state index contributed by atoms with van der Waals surface area (Å²) in [6.07, 6.45) is 3.38. The summed E-state index contributed by atoms with van der Waals surface area (Å²) >= 11 is 5.09. The Labute approximate surface area is 120 Å². The van der Waals surface area contributed by atoms with Gasteiger partial charge < -0.3 is 10.5 Å². The van der Waals surface area contributed by atoms with Gasteiger partial charge in [0.15, 0.2) is 0 Å². The van der Waals surface area contributed by atoms with E-state index in [1.165, 1.54) is 12.0 Å². The molecule has 1 fully saturated rings. The summed E-state index contributed by atoms with van der Waals surface area (Å²) in [6.45, 7) is 1.83. The van der Waals surface area contributed by atoms with Gasteiger partial charge in [-0.25, -0.2) is 0 Å². The lowest BCUT2D eigenvalue weighted by atomic mass is 10.0. The molecule has 0 aromatic heterocycles. The summed E-state index contributed by atoms with van der Waals surface area (Å²) in [5.74, 6) is 0. The zero-order valence-corrected chi connectivity index (χ0v) is 12.2. The van der Waals surface area contributed by atoms with E-state index in [2.05, 4.69) is 36.2 Å². The monoisotopic (exact) mass is 278 g/mol. The highest BCUT2D eigenvalue weighted by Gasteiger charge is 2.23. The van der Waals surface area contributed by atoms with Crippen LogP contribution in [0.3, 0.4) is 0 Å². The zero-order valence-electron chi connectivity index (χ0n) is 11.4. The number of ether oxygens (including phenoxy) is 1. The molecule has 1 aliphatic rings. The molecule has 2 rings (SSSR count). The minimum atomic E-state index is 0.239. The van der Waals surface area contributed by atoms with Crippen molar-refractivity contribution < 1.29 is 4.74 Å². The van der Waals surface area contributed by atoms with Gasteiger partial charge in [-0.05, 0) is 25.5 Å². The molecule has 0 aliphatic carbocycles. The largest absolute Gasteiger partial charge is 0.393 e. The first-order valence-electron chi connectivity index (χ1n) is 6.82. The molecule has 1 aromatic carbocycles. The average molecular weight is 278 g/mol. The van der Waals surface area contributed by atoms with Crippen LogP contribution in [0, 0.1) is 0 Å². The van der Waals surface area contributed by atoms with Gasteiger partial charge in [0, 0.05) is 25.6 Å². The second-order valence-corrected chi connectivity index (χ2v) is 5.70. The lowest BCUT2D eigenvalue weighted by Crippen LogP contribution is -2.34. The molecular formula is C15H22N2OS. The highest BCUT2D eigenvalue weighted by molar-refractivity contribution is 7.80. The second kappa shape index (κ2) is 6.98. The minimum Gasteiger partial charge on any atom is -0.393 e. The number of nitrogens with two attached hydrogens (primary N) is 1. The molecule has 0 spiro atoms. The molecule has 1 aliphatic heterocycles. The minimum absolute atomic E-state index is 0.239. The van der Waals surface area contributed by atoms with Crippen LogP contribution in [0.4, 0.5) is 0 Å². The van der Waals surface area contributed by atoms with Gasteiger partial charge in [0.25, 0.3) is 0 Å². The quantitative estimate of drug-likeness (QED) is 0.812. The van der Waals surface area contributed by atoms with E-state index in [0.29, 0.717) is 17.5 Å². The van der Waals surface area contributed by atoms with E-state index < -0.39 is 0 Å². The van der Waals surface area contributed by atoms with E-state index >= 15 is 0 Å². The maximum Gasteiger partial charge on any atom is 0.0746 e. The summed E-state index contributed by atoms with van der Waals surface area (Å²) in [4.78, 5) is 2.87. The van der Waals surface area contributed by atoms with Gasteiger partial charge in [-0.1, -0.05) is 42.5 Å². The van der Waals surface area contributed by atoms with Gasteiger partial charge in [-0.15, -0.1) is 0 Å². The highest BCUT2D eigenvalue weighted by Crippen LogP contribution is 2.25. The van der Waals surface area contributed by atoms with Gasteiger partial charge in [0.05, 0.1) is 11.1 Å². The predicted octanol–water partition coefficient (Wildman–Crippen LogP) is 2.51. The molecule has 2 N–H and O–H groups in total. The van der Waals surface area contributed by atoms with Gasteiger partial charge in [0.1, 0.15) is 0 Å². The van der Waals surface area contributed by atoms with Crippen molar-refractivity contribution in [2.45, 2.75) is 31.4 Å². The predicted molar refractivity (Wildman–Crippen MR) is 82.2 cm³/mol. The Morgan fingerprint density at radius 1 is 1.47 bits per heavy atom. The second-order valence-electron chi connectivity index (χ2n) is 5.17. The molecule has 0 amide bonds. The molecule has 19 heavy (non-hydrogen) atoms. The molecule has 104 valence electrons. The number of thiocarbonyl (C=S) groups is 1. The Balaban J connectivity index is 2.05. The zero-order chi connectivity index (χ0) is 13.7. The topological polar surface area (TPSA) is 38.5 Å². The molecule has 3 nitrogen and oxygen atoms in total. The lowest BCUT2D eigenvalue weighted by molar-refractivity contribution is 0.0687. The van der Waals surface area contributed by atoms with Crippen LogP contribution >= 0.6 is 12.2 Å². The molecule has 1 aromatic rings. The van der Waals surface area contributed by atoms with Crippen molar-refractivity contribution in [3.8, 4) is 0 Å². The molecule has 1 saturated heterocycles. The third kappa shape index (κ3) is 4.27. The van der Waals surface area contributed by atoms with Crippen LogP contribution in [-0.2, 0) is 4.74 Å². The van der Waals surface area contributed by atoms with Crippen molar-refractivity contribution in [3.63, 3.8) is 0 Å². The summed E-state index contributed by atoms with van der Waals surface area (Å²) in [6, 6.07) is 10.7. The van der Waals surface area contributed by atoms with Crippen molar-refractivity contribution in [1.29, 1.82) is 0 Å². The van der Waals surface area contributed by atoms with Crippen molar-refractivity contribution in [2.75, 3.05) is 20.2 Å². The Kier molecular flexibility index (Phi) is 5.31. The first-order valence-corrected chi connectivity index (χ1v) is 7.22. The van der Waals surface area contributed by atoms with Crippen LogP contribution in [0.2, 0.25) is 0 Å². The van der Waals surface area contributed by atoms with Gasteiger partial charge in [-0.3, -0.25) is 4.90 Å². The molecule has 0 saturated carbocycles. The van der Waals surface area contributed by atoms with E-state index in [4.69, 9.17) is 22.7 Å².